The van der Waals surface area contributed by atoms with Crippen LogP contribution in [0.15, 0.2) is 30.3 Å². The lowest BCUT2D eigenvalue weighted by molar-refractivity contribution is 0.221. The van der Waals surface area contributed by atoms with Gasteiger partial charge in [0.25, 0.3) is 0 Å². The molecule has 1 rings (SSSR count). The van der Waals surface area contributed by atoms with Crippen LogP contribution in [0.5, 0.6) is 0 Å². The number of halogens is 1. The minimum Gasteiger partial charge on any atom is -0.330 e. The summed E-state index contributed by atoms with van der Waals surface area (Å²) in [6.07, 6.45) is 0. The van der Waals surface area contributed by atoms with Crippen molar-refractivity contribution in [1.82, 2.24) is 4.90 Å². The van der Waals surface area contributed by atoms with Crippen LogP contribution in [0.25, 0.3) is 0 Å². The van der Waals surface area contributed by atoms with E-state index < -0.39 is 5.00 Å². The van der Waals surface area contributed by atoms with Gasteiger partial charge in [-0.15, -0.1) is 0 Å². The third-order valence-corrected chi connectivity index (χ3v) is 2.29. The second-order valence-electron chi connectivity index (χ2n) is 4.26. The van der Waals surface area contributed by atoms with Crippen LogP contribution in [0.4, 0.5) is 10.5 Å². The molecule has 0 atom stereocenters. The topological polar surface area (TPSA) is 23.6 Å². The van der Waals surface area contributed by atoms with Gasteiger partial charge in [0.05, 0.1) is 0 Å². The molecule has 0 aliphatic carbocycles. The molecule has 0 spiro atoms. The van der Waals surface area contributed by atoms with E-state index in [1.165, 1.54) is 4.90 Å². The molecule has 0 N–H and O–H groups in total. The van der Waals surface area contributed by atoms with Crippen LogP contribution in [-0.2, 0) is 0 Å². The normalized spacial score (nSPS) is 11.1. The highest BCUT2D eigenvalue weighted by Crippen LogP contribution is 2.27. The summed E-state index contributed by atoms with van der Waals surface area (Å²) in [5.41, 5.74) is 0.793. The molecule has 0 saturated carbocycles. The molecule has 0 radical (unpaired) electrons. The van der Waals surface area contributed by atoms with Gasteiger partial charge in [0, 0.05) is 19.8 Å². The Morgan fingerprint density at radius 1 is 1.19 bits per heavy atom. The van der Waals surface area contributed by atoms with Crippen LogP contribution in [0.3, 0.4) is 0 Å². The molecule has 0 aliphatic heterocycles. The number of anilines is 1. The molecule has 1 aromatic rings. The predicted molar refractivity (Wildman–Crippen MR) is 67.9 cm³/mol. The van der Waals surface area contributed by atoms with E-state index >= 15 is 0 Å². The zero-order valence-corrected chi connectivity index (χ0v) is 10.8. The molecule has 88 valence electrons. The number of nitrogens with zero attached hydrogens (tertiary/aromatic N) is 2. The van der Waals surface area contributed by atoms with Crippen LogP contribution in [0.2, 0.25) is 0 Å². The first kappa shape index (κ1) is 12.8. The van der Waals surface area contributed by atoms with Gasteiger partial charge >= 0.3 is 6.03 Å². The van der Waals surface area contributed by atoms with E-state index in [2.05, 4.69) is 0 Å². The number of rotatable bonds is 2. The second-order valence-corrected chi connectivity index (χ2v) is 5.18. The van der Waals surface area contributed by atoms with Crippen LogP contribution in [0.1, 0.15) is 13.8 Å². The number of carbonyl (C=O) groups excluding carboxylic acids is 1. The summed E-state index contributed by atoms with van der Waals surface area (Å²) in [7, 11) is 3.42. The number of amides is 2. The third-order valence-electron chi connectivity index (χ3n) is 2.12. The van der Waals surface area contributed by atoms with Gasteiger partial charge in [-0.3, -0.25) is 4.90 Å². The fraction of sp³-hybridized carbons (Fsp3) is 0.417. The Kier molecular flexibility index (Phi) is 3.81. The Morgan fingerprint density at radius 2 is 1.69 bits per heavy atom. The minimum absolute atomic E-state index is 0.133. The molecule has 0 fully saturated rings. The van der Waals surface area contributed by atoms with Gasteiger partial charge in [0.15, 0.2) is 0 Å². The lowest BCUT2D eigenvalue weighted by Crippen LogP contribution is -2.48. The van der Waals surface area contributed by atoms with Crippen molar-refractivity contribution in [3.8, 4) is 0 Å². The molecule has 0 aromatic heterocycles. The van der Waals surface area contributed by atoms with E-state index in [1.807, 2.05) is 30.3 Å². The van der Waals surface area contributed by atoms with Crippen LogP contribution >= 0.6 is 11.6 Å². The number of hydrogen-bond donors (Lipinski definition) is 0. The summed E-state index contributed by atoms with van der Waals surface area (Å²) in [5, 5.41) is 0. The van der Waals surface area contributed by atoms with Gasteiger partial charge in [-0.25, -0.2) is 4.79 Å². The monoisotopic (exact) mass is 240 g/mol. The Labute approximate surface area is 102 Å². The summed E-state index contributed by atoms with van der Waals surface area (Å²) in [5.74, 6) is 0. The molecule has 0 aliphatic rings. The maximum absolute atomic E-state index is 12.1. The van der Waals surface area contributed by atoms with Gasteiger partial charge in [-0.1, -0.05) is 29.8 Å². The number of benzene rings is 1. The zero-order chi connectivity index (χ0) is 12.3. The van der Waals surface area contributed by atoms with Crippen LogP contribution in [0, 0.1) is 0 Å². The largest absolute Gasteiger partial charge is 0.330 e. The molecule has 1 aromatic carbocycles. The number of hydrogen-bond acceptors (Lipinski definition) is 1. The number of carbonyl (C=O) groups is 1. The lowest BCUT2D eigenvalue weighted by atomic mass is 10.2. The SMILES string of the molecule is CN(C)C(=O)N(c1ccccc1)C(C)(C)Cl. The summed E-state index contributed by atoms with van der Waals surface area (Å²) in [6, 6.07) is 9.27. The van der Waals surface area contributed by atoms with E-state index in [-0.39, 0.29) is 6.03 Å². The van der Waals surface area contributed by atoms with Gasteiger partial charge in [-0.05, 0) is 26.0 Å². The quantitative estimate of drug-likeness (QED) is 0.576. The highest BCUT2D eigenvalue weighted by molar-refractivity contribution is 6.27. The smallest absolute Gasteiger partial charge is 0.325 e. The Morgan fingerprint density at radius 3 is 2.06 bits per heavy atom. The molecular weight excluding hydrogens is 224 g/mol. The first-order chi connectivity index (χ1) is 7.34. The van der Waals surface area contributed by atoms with Crippen molar-refractivity contribution in [2.75, 3.05) is 19.0 Å². The van der Waals surface area contributed by atoms with Crippen molar-refractivity contribution < 1.29 is 4.79 Å². The highest BCUT2D eigenvalue weighted by atomic mass is 35.5. The van der Waals surface area contributed by atoms with Crippen molar-refractivity contribution in [3.05, 3.63) is 30.3 Å². The van der Waals surface area contributed by atoms with Crippen molar-refractivity contribution in [2.45, 2.75) is 18.8 Å². The van der Waals surface area contributed by atoms with Gasteiger partial charge in [-0.2, -0.15) is 0 Å². The maximum atomic E-state index is 12.1. The molecule has 2 amide bonds. The molecule has 0 bridgehead atoms. The predicted octanol–water partition coefficient (Wildman–Crippen LogP) is 3.15. The van der Waals surface area contributed by atoms with Crippen molar-refractivity contribution in [1.29, 1.82) is 0 Å². The van der Waals surface area contributed by atoms with E-state index in [0.717, 1.165) is 5.69 Å². The average Bonchev–Trinajstić information content (AvgIpc) is 2.17. The van der Waals surface area contributed by atoms with Gasteiger partial charge < -0.3 is 4.90 Å². The fourth-order valence-electron chi connectivity index (χ4n) is 1.42. The molecule has 0 unspecified atom stereocenters. The first-order valence-corrected chi connectivity index (χ1v) is 5.47. The summed E-state index contributed by atoms with van der Waals surface area (Å²) >= 11 is 6.25. The summed E-state index contributed by atoms with van der Waals surface area (Å²) in [4.78, 5) is 14.4. The minimum atomic E-state index is -0.761. The molecule has 4 heteroatoms. The van der Waals surface area contributed by atoms with E-state index in [1.54, 1.807) is 32.8 Å². The molecule has 0 heterocycles. The van der Waals surface area contributed by atoms with Crippen LogP contribution in [-0.4, -0.2) is 30.0 Å². The third kappa shape index (κ3) is 2.89. The Bertz CT molecular complexity index is 357. The number of alkyl halides is 1. The zero-order valence-electron chi connectivity index (χ0n) is 10.1. The summed E-state index contributed by atoms with van der Waals surface area (Å²) in [6.45, 7) is 3.59. The Balaban J connectivity index is 3.13. The van der Waals surface area contributed by atoms with Gasteiger partial charge in [0.1, 0.15) is 5.00 Å². The number of urea groups is 1. The van der Waals surface area contributed by atoms with E-state index in [4.69, 9.17) is 11.6 Å². The molecular formula is C12H17ClN2O. The number of para-hydroxylation sites is 1. The van der Waals surface area contributed by atoms with Crippen molar-refractivity contribution in [3.63, 3.8) is 0 Å². The highest BCUT2D eigenvalue weighted by Gasteiger charge is 2.31. The van der Waals surface area contributed by atoms with Crippen molar-refractivity contribution >= 4 is 23.3 Å². The Hall–Kier alpha value is -1.22. The van der Waals surface area contributed by atoms with E-state index in [9.17, 15) is 4.79 Å². The lowest BCUT2D eigenvalue weighted by Gasteiger charge is -2.35. The summed E-state index contributed by atoms with van der Waals surface area (Å²) < 4.78 is 0. The maximum Gasteiger partial charge on any atom is 0.325 e. The first-order valence-electron chi connectivity index (χ1n) is 5.09. The van der Waals surface area contributed by atoms with E-state index in [0.29, 0.717) is 0 Å². The van der Waals surface area contributed by atoms with Crippen molar-refractivity contribution in [2.24, 2.45) is 0 Å². The van der Waals surface area contributed by atoms with Crippen LogP contribution < -0.4 is 4.90 Å². The second kappa shape index (κ2) is 4.74. The van der Waals surface area contributed by atoms with Gasteiger partial charge in [0.2, 0.25) is 0 Å². The average molecular weight is 241 g/mol. The molecule has 0 saturated heterocycles. The molecule has 3 nitrogen and oxygen atoms in total. The molecule has 16 heavy (non-hydrogen) atoms. The standard InChI is InChI=1S/C12H17ClN2O/c1-12(2,13)15(11(16)14(3)4)10-8-6-5-7-9-10/h5-9H,1-4H3. The fourth-order valence-corrected chi connectivity index (χ4v) is 1.59.